The Morgan fingerprint density at radius 3 is 2.67 bits per heavy atom. The van der Waals surface area contributed by atoms with Crippen LogP contribution in [0.25, 0.3) is 0 Å². The molecule has 1 rings (SSSR count). The molecule has 0 aliphatic rings. The van der Waals surface area contributed by atoms with E-state index in [9.17, 15) is 0 Å². The summed E-state index contributed by atoms with van der Waals surface area (Å²) in [5.74, 6) is 0.343. The minimum atomic E-state index is 0.343. The zero-order chi connectivity index (χ0) is 6.69. The highest BCUT2D eigenvalue weighted by Crippen LogP contribution is 2.12. The second-order valence-electron chi connectivity index (χ2n) is 1.87. The lowest BCUT2D eigenvalue weighted by atomic mass is 10.2. The van der Waals surface area contributed by atoms with Crippen molar-refractivity contribution < 1.29 is 5.11 Å². The van der Waals surface area contributed by atoms with Crippen LogP contribution < -0.4 is 0 Å². The Morgan fingerprint density at radius 1 is 1.44 bits per heavy atom. The highest BCUT2D eigenvalue weighted by Gasteiger charge is 1.87. The first kappa shape index (κ1) is 6.57. The Kier molecular flexibility index (Phi) is 2.07. The molecule has 0 spiro atoms. The second kappa shape index (κ2) is 2.84. The topological polar surface area (TPSA) is 20.2 Å². The normalized spacial score (nSPS) is 9.44. The molecule has 0 bridgehead atoms. The maximum atomic E-state index is 8.93. The lowest BCUT2D eigenvalue weighted by Crippen LogP contribution is -1.73. The van der Waals surface area contributed by atoms with Crippen molar-refractivity contribution in [2.75, 3.05) is 0 Å². The van der Waals surface area contributed by atoms with E-state index in [0.29, 0.717) is 5.75 Å². The fraction of sp³-hybridized carbons (Fsp3) is 0.143. The van der Waals surface area contributed by atoms with Gasteiger partial charge in [0.05, 0.1) is 0 Å². The van der Waals surface area contributed by atoms with Crippen LogP contribution in [0.3, 0.4) is 0 Å². The maximum absolute atomic E-state index is 8.93. The van der Waals surface area contributed by atoms with E-state index in [4.69, 9.17) is 5.11 Å². The van der Waals surface area contributed by atoms with Gasteiger partial charge in [-0.05, 0) is 23.9 Å². The summed E-state index contributed by atoms with van der Waals surface area (Å²) in [6.45, 7) is 0. The molecular weight excluding hydrogens is 131 g/mol. The highest BCUT2D eigenvalue weighted by molar-refractivity contribution is 7.15. The molecule has 0 aliphatic carbocycles. The molecule has 0 aliphatic heterocycles. The largest absolute Gasteiger partial charge is 0.508 e. The van der Waals surface area contributed by atoms with E-state index in [1.807, 2.05) is 12.1 Å². The lowest BCUT2D eigenvalue weighted by molar-refractivity contribution is 0.475. The van der Waals surface area contributed by atoms with Crippen LogP contribution in [-0.2, 0) is 6.16 Å². The van der Waals surface area contributed by atoms with Crippen LogP contribution in [0.2, 0.25) is 0 Å². The third kappa shape index (κ3) is 1.69. The Hall–Kier alpha value is -0.550. The van der Waals surface area contributed by atoms with Gasteiger partial charge in [0.25, 0.3) is 0 Å². The Bertz CT molecular complexity index is 198. The number of hydrogen-bond donors (Lipinski definition) is 1. The molecule has 1 N–H and O–H groups in total. The molecule has 0 fully saturated rings. The van der Waals surface area contributed by atoms with Gasteiger partial charge in [-0.1, -0.05) is 12.1 Å². The first-order valence-electron chi connectivity index (χ1n) is 2.81. The zero-order valence-electron chi connectivity index (χ0n) is 5.04. The monoisotopic (exact) mass is 140 g/mol. The number of aromatic hydroxyl groups is 1. The van der Waals surface area contributed by atoms with Crippen molar-refractivity contribution in [2.45, 2.75) is 6.16 Å². The molecule has 0 radical (unpaired) electrons. The SMILES string of the molecule is Oc1cccc(CP)c1. The Balaban J connectivity index is 2.94. The number of hydrogen-bond acceptors (Lipinski definition) is 1. The molecule has 2 heteroatoms. The molecule has 9 heavy (non-hydrogen) atoms. The molecule has 1 nitrogen and oxygen atoms in total. The molecule has 0 heterocycles. The van der Waals surface area contributed by atoms with Gasteiger partial charge >= 0.3 is 0 Å². The number of benzene rings is 1. The van der Waals surface area contributed by atoms with Crippen LogP contribution >= 0.6 is 9.24 Å². The smallest absolute Gasteiger partial charge is 0.115 e. The van der Waals surface area contributed by atoms with Gasteiger partial charge in [-0.15, -0.1) is 9.24 Å². The third-order valence-electron chi connectivity index (χ3n) is 1.15. The molecule has 1 unspecified atom stereocenters. The highest BCUT2D eigenvalue weighted by atomic mass is 31.0. The zero-order valence-corrected chi connectivity index (χ0v) is 6.20. The van der Waals surface area contributed by atoms with Gasteiger partial charge in [0.2, 0.25) is 0 Å². The van der Waals surface area contributed by atoms with Crippen molar-refractivity contribution in [1.29, 1.82) is 0 Å². The number of phenols is 1. The number of phenolic OH excluding ortho intramolecular Hbond substituents is 1. The van der Waals surface area contributed by atoms with E-state index >= 15 is 0 Å². The van der Waals surface area contributed by atoms with Crippen molar-refractivity contribution >= 4 is 9.24 Å². The van der Waals surface area contributed by atoms with Crippen molar-refractivity contribution in [3.63, 3.8) is 0 Å². The Labute approximate surface area is 56.9 Å². The van der Waals surface area contributed by atoms with Crippen molar-refractivity contribution in [2.24, 2.45) is 0 Å². The lowest BCUT2D eigenvalue weighted by Gasteiger charge is -1.94. The van der Waals surface area contributed by atoms with E-state index in [2.05, 4.69) is 9.24 Å². The summed E-state index contributed by atoms with van der Waals surface area (Å²) in [5, 5.41) is 8.93. The van der Waals surface area contributed by atoms with Gasteiger partial charge in [-0.3, -0.25) is 0 Å². The minimum Gasteiger partial charge on any atom is -0.508 e. The summed E-state index contributed by atoms with van der Waals surface area (Å²) in [7, 11) is 2.60. The van der Waals surface area contributed by atoms with Crippen LogP contribution in [0, 0.1) is 0 Å². The third-order valence-corrected chi connectivity index (χ3v) is 1.62. The van der Waals surface area contributed by atoms with E-state index in [1.165, 1.54) is 0 Å². The van der Waals surface area contributed by atoms with Crippen molar-refractivity contribution in [1.82, 2.24) is 0 Å². The molecule has 1 aromatic carbocycles. The maximum Gasteiger partial charge on any atom is 0.115 e. The molecule has 1 atom stereocenters. The summed E-state index contributed by atoms with van der Waals surface area (Å²) >= 11 is 0. The summed E-state index contributed by atoms with van der Waals surface area (Å²) in [5.41, 5.74) is 1.14. The summed E-state index contributed by atoms with van der Waals surface area (Å²) in [4.78, 5) is 0. The molecular formula is C7H9OP. The van der Waals surface area contributed by atoms with E-state index in [1.54, 1.807) is 12.1 Å². The second-order valence-corrected chi connectivity index (χ2v) is 2.28. The first-order chi connectivity index (χ1) is 4.33. The predicted octanol–water partition coefficient (Wildman–Crippen LogP) is 1.77. The summed E-state index contributed by atoms with van der Waals surface area (Å²) in [6, 6.07) is 7.25. The van der Waals surface area contributed by atoms with Gasteiger partial charge in [-0.25, -0.2) is 0 Å². The van der Waals surface area contributed by atoms with E-state index in [0.717, 1.165) is 11.7 Å². The standard InChI is InChI=1S/C7H9OP/c8-7-3-1-2-6(4-7)5-9/h1-4,8H,5,9H2. The van der Waals surface area contributed by atoms with Crippen LogP contribution in [0.1, 0.15) is 5.56 Å². The van der Waals surface area contributed by atoms with Crippen LogP contribution in [0.5, 0.6) is 5.75 Å². The molecule has 0 amide bonds. The molecule has 0 aromatic heterocycles. The summed E-state index contributed by atoms with van der Waals surface area (Å²) < 4.78 is 0. The fourth-order valence-corrected chi connectivity index (χ4v) is 0.937. The first-order valence-corrected chi connectivity index (χ1v) is 3.62. The van der Waals surface area contributed by atoms with Gasteiger partial charge < -0.3 is 5.11 Å². The number of rotatable bonds is 1. The molecule has 1 aromatic rings. The molecule has 0 saturated carbocycles. The van der Waals surface area contributed by atoms with E-state index < -0.39 is 0 Å². The van der Waals surface area contributed by atoms with Crippen molar-refractivity contribution in [3.05, 3.63) is 29.8 Å². The average molecular weight is 140 g/mol. The van der Waals surface area contributed by atoms with Crippen LogP contribution in [0.15, 0.2) is 24.3 Å². The van der Waals surface area contributed by atoms with Crippen LogP contribution in [-0.4, -0.2) is 5.11 Å². The van der Waals surface area contributed by atoms with Crippen LogP contribution in [0.4, 0.5) is 0 Å². The van der Waals surface area contributed by atoms with Gasteiger partial charge in [0.15, 0.2) is 0 Å². The summed E-state index contributed by atoms with van der Waals surface area (Å²) in [6.07, 6.45) is 0.897. The van der Waals surface area contributed by atoms with Gasteiger partial charge in [0.1, 0.15) is 5.75 Å². The molecule has 48 valence electrons. The van der Waals surface area contributed by atoms with Crippen molar-refractivity contribution in [3.8, 4) is 5.75 Å². The fourth-order valence-electron chi connectivity index (χ4n) is 0.683. The van der Waals surface area contributed by atoms with E-state index in [-0.39, 0.29) is 0 Å². The molecule has 0 saturated heterocycles. The average Bonchev–Trinajstić information content (AvgIpc) is 1.88. The van der Waals surface area contributed by atoms with Gasteiger partial charge in [-0.2, -0.15) is 0 Å². The quantitative estimate of drug-likeness (QED) is 0.589. The van der Waals surface area contributed by atoms with Gasteiger partial charge in [0, 0.05) is 0 Å². The predicted molar refractivity (Wildman–Crippen MR) is 41.5 cm³/mol. The Morgan fingerprint density at radius 2 is 2.22 bits per heavy atom. The minimum absolute atomic E-state index is 0.343.